The van der Waals surface area contributed by atoms with Gasteiger partial charge in [0.05, 0.1) is 13.7 Å². The van der Waals surface area contributed by atoms with E-state index in [1.54, 1.807) is 18.9 Å². The van der Waals surface area contributed by atoms with Crippen molar-refractivity contribution < 1.29 is 19.1 Å². The summed E-state index contributed by atoms with van der Waals surface area (Å²) in [5, 5.41) is 2.90. The molecule has 0 aliphatic heterocycles. The summed E-state index contributed by atoms with van der Waals surface area (Å²) in [6.45, 7) is 7.24. The highest BCUT2D eigenvalue weighted by Crippen LogP contribution is 2.18. The molecular weight excluding hydrogens is 392 g/mol. The second-order valence-corrected chi connectivity index (χ2v) is 7.54. The first-order valence-corrected chi connectivity index (χ1v) is 10.8. The molecule has 0 aliphatic rings. The molecule has 0 saturated heterocycles. The Morgan fingerprint density at radius 1 is 1.06 bits per heavy atom. The van der Waals surface area contributed by atoms with E-state index >= 15 is 0 Å². The van der Waals surface area contributed by atoms with E-state index in [0.717, 1.165) is 29.0 Å². The molecule has 0 aliphatic carbocycles. The first kappa shape index (κ1) is 24.3. The molecule has 2 amide bonds. The summed E-state index contributed by atoms with van der Waals surface area (Å²) >= 11 is 0. The highest BCUT2D eigenvalue weighted by atomic mass is 16.5. The van der Waals surface area contributed by atoms with Crippen LogP contribution in [0.4, 0.5) is 0 Å². The van der Waals surface area contributed by atoms with Crippen LogP contribution in [0.1, 0.15) is 44.2 Å². The number of aryl methyl sites for hydroxylation is 1. The van der Waals surface area contributed by atoms with Crippen LogP contribution in [-0.2, 0) is 16.1 Å². The highest BCUT2D eigenvalue weighted by Gasteiger charge is 2.26. The maximum Gasteiger partial charge on any atom is 0.242 e. The molecule has 0 saturated carbocycles. The number of amides is 2. The van der Waals surface area contributed by atoms with Crippen LogP contribution < -0.4 is 14.8 Å². The molecule has 6 nitrogen and oxygen atoms in total. The summed E-state index contributed by atoms with van der Waals surface area (Å²) in [6, 6.07) is 14.7. The summed E-state index contributed by atoms with van der Waals surface area (Å²) in [5.74, 6) is 1.32. The van der Waals surface area contributed by atoms with E-state index in [9.17, 15) is 9.59 Å². The maximum absolute atomic E-state index is 13.0. The van der Waals surface area contributed by atoms with Crippen molar-refractivity contribution in [2.24, 2.45) is 0 Å². The van der Waals surface area contributed by atoms with Crippen molar-refractivity contribution in [1.82, 2.24) is 10.2 Å². The third-order valence-electron chi connectivity index (χ3n) is 5.18. The number of carbonyl (C=O) groups excluding carboxylic acids is 2. The predicted octanol–water partition coefficient (Wildman–Crippen LogP) is 4.11. The lowest BCUT2D eigenvalue weighted by atomic mass is 10.1. The molecule has 1 N–H and O–H groups in total. The van der Waals surface area contributed by atoms with E-state index in [1.165, 1.54) is 0 Å². The van der Waals surface area contributed by atoms with Gasteiger partial charge in [-0.05, 0) is 62.1 Å². The topological polar surface area (TPSA) is 67.9 Å². The quantitative estimate of drug-likeness (QED) is 0.519. The van der Waals surface area contributed by atoms with Crippen molar-refractivity contribution in [1.29, 1.82) is 0 Å². The summed E-state index contributed by atoms with van der Waals surface area (Å²) < 4.78 is 10.9. The normalized spacial score (nSPS) is 11.5. The number of benzene rings is 2. The molecule has 0 bridgehead atoms. The number of nitrogens with zero attached hydrogens (tertiary/aromatic N) is 1. The van der Waals surface area contributed by atoms with E-state index in [0.29, 0.717) is 32.5 Å². The molecule has 0 aromatic heterocycles. The highest BCUT2D eigenvalue weighted by molar-refractivity contribution is 5.87. The van der Waals surface area contributed by atoms with Gasteiger partial charge in [-0.1, -0.05) is 31.2 Å². The fraction of sp³-hybridized carbons (Fsp3) is 0.440. The van der Waals surface area contributed by atoms with Gasteiger partial charge < -0.3 is 19.7 Å². The van der Waals surface area contributed by atoms with Gasteiger partial charge in [0.25, 0.3) is 0 Å². The Bertz CT molecular complexity index is 836. The molecule has 1 unspecified atom stereocenters. The average Bonchev–Trinajstić information content (AvgIpc) is 2.79. The molecule has 168 valence electrons. The minimum absolute atomic E-state index is 0.0549. The Balaban J connectivity index is 1.97. The lowest BCUT2D eigenvalue weighted by Crippen LogP contribution is -2.47. The number of nitrogens with one attached hydrogen (secondary N) is 1. The van der Waals surface area contributed by atoms with Gasteiger partial charge >= 0.3 is 0 Å². The van der Waals surface area contributed by atoms with Crippen molar-refractivity contribution in [3.63, 3.8) is 0 Å². The molecule has 6 heteroatoms. The van der Waals surface area contributed by atoms with E-state index in [-0.39, 0.29) is 11.8 Å². The molecule has 0 radical (unpaired) electrons. The van der Waals surface area contributed by atoms with Gasteiger partial charge in [0.2, 0.25) is 11.8 Å². The molecule has 0 heterocycles. The second-order valence-electron chi connectivity index (χ2n) is 7.54. The Labute approximate surface area is 185 Å². The zero-order valence-electron chi connectivity index (χ0n) is 19.0. The monoisotopic (exact) mass is 426 g/mol. The van der Waals surface area contributed by atoms with Crippen molar-refractivity contribution >= 4 is 11.8 Å². The number of carbonyl (C=O) groups is 2. The third kappa shape index (κ3) is 7.63. The predicted molar refractivity (Wildman–Crippen MR) is 122 cm³/mol. The van der Waals surface area contributed by atoms with Crippen LogP contribution >= 0.6 is 0 Å². The van der Waals surface area contributed by atoms with Crippen LogP contribution in [0.3, 0.4) is 0 Å². The number of hydrogen-bond acceptors (Lipinski definition) is 4. The molecule has 1 atom stereocenters. The van der Waals surface area contributed by atoms with Crippen LogP contribution in [0.5, 0.6) is 11.5 Å². The molecule has 31 heavy (non-hydrogen) atoms. The molecule has 2 aromatic carbocycles. The van der Waals surface area contributed by atoms with Crippen molar-refractivity contribution in [3.05, 3.63) is 59.7 Å². The lowest BCUT2D eigenvalue weighted by molar-refractivity contribution is -0.140. The molecule has 0 spiro atoms. The van der Waals surface area contributed by atoms with E-state index in [2.05, 4.69) is 5.32 Å². The van der Waals surface area contributed by atoms with Gasteiger partial charge in [-0.15, -0.1) is 0 Å². The van der Waals surface area contributed by atoms with E-state index in [4.69, 9.17) is 9.47 Å². The van der Waals surface area contributed by atoms with E-state index < -0.39 is 6.04 Å². The number of ether oxygens (including phenoxy) is 2. The largest absolute Gasteiger partial charge is 0.497 e. The minimum Gasteiger partial charge on any atom is -0.497 e. The third-order valence-corrected chi connectivity index (χ3v) is 5.18. The van der Waals surface area contributed by atoms with Gasteiger partial charge in [0.1, 0.15) is 17.5 Å². The van der Waals surface area contributed by atoms with Crippen LogP contribution in [0.15, 0.2) is 48.5 Å². The number of methoxy groups -OCH3 is 1. The maximum atomic E-state index is 13.0. The fourth-order valence-electron chi connectivity index (χ4n) is 3.18. The second kappa shape index (κ2) is 12.6. The Morgan fingerprint density at radius 3 is 2.39 bits per heavy atom. The van der Waals surface area contributed by atoms with E-state index in [1.807, 2.05) is 62.4 Å². The van der Waals surface area contributed by atoms with Crippen LogP contribution in [0.2, 0.25) is 0 Å². The van der Waals surface area contributed by atoms with Gasteiger partial charge in [-0.2, -0.15) is 0 Å². The smallest absolute Gasteiger partial charge is 0.242 e. The lowest BCUT2D eigenvalue weighted by Gasteiger charge is -2.29. The molecule has 0 fully saturated rings. The van der Waals surface area contributed by atoms with Gasteiger partial charge in [-0.3, -0.25) is 9.59 Å². The Kier molecular flexibility index (Phi) is 9.88. The molecule has 2 rings (SSSR count). The van der Waals surface area contributed by atoms with Gasteiger partial charge in [0.15, 0.2) is 0 Å². The van der Waals surface area contributed by atoms with Crippen LogP contribution in [0.25, 0.3) is 0 Å². The minimum atomic E-state index is -0.541. The Morgan fingerprint density at radius 2 is 1.74 bits per heavy atom. The molecular formula is C25H34N2O4. The standard InChI is InChI=1S/C25H34N2O4/c1-5-16-26-25(29)20(3)27(18-21-10-7-6-9-19(21)2)24(28)11-8-17-31-23-14-12-22(30-4)13-15-23/h6-7,9-10,12-15,20H,5,8,11,16-18H2,1-4H3,(H,26,29). The summed E-state index contributed by atoms with van der Waals surface area (Å²) in [4.78, 5) is 27.3. The zero-order valence-corrected chi connectivity index (χ0v) is 19.0. The summed E-state index contributed by atoms with van der Waals surface area (Å²) in [5.41, 5.74) is 2.14. The summed E-state index contributed by atoms with van der Waals surface area (Å²) in [7, 11) is 1.62. The first-order chi connectivity index (χ1) is 15.0. The van der Waals surface area contributed by atoms with Gasteiger partial charge in [0, 0.05) is 19.5 Å². The van der Waals surface area contributed by atoms with Gasteiger partial charge in [-0.25, -0.2) is 0 Å². The number of hydrogen-bond donors (Lipinski definition) is 1. The molecule has 2 aromatic rings. The average molecular weight is 427 g/mol. The van der Waals surface area contributed by atoms with Crippen molar-refractivity contribution in [3.8, 4) is 11.5 Å². The number of rotatable bonds is 12. The van der Waals surface area contributed by atoms with Crippen molar-refractivity contribution in [2.45, 2.75) is 52.6 Å². The fourth-order valence-corrected chi connectivity index (χ4v) is 3.18. The zero-order chi connectivity index (χ0) is 22.6. The van der Waals surface area contributed by atoms with Crippen molar-refractivity contribution in [2.75, 3.05) is 20.3 Å². The van der Waals surface area contributed by atoms with Crippen LogP contribution in [-0.4, -0.2) is 43.0 Å². The first-order valence-electron chi connectivity index (χ1n) is 10.8. The summed E-state index contributed by atoms with van der Waals surface area (Å²) in [6.07, 6.45) is 1.73. The van der Waals surface area contributed by atoms with Crippen LogP contribution in [0, 0.1) is 6.92 Å². The SMILES string of the molecule is CCCNC(=O)C(C)N(Cc1ccccc1C)C(=O)CCCOc1ccc(OC)cc1. The Hall–Kier alpha value is -3.02.